The van der Waals surface area contributed by atoms with Crippen LogP contribution in [-0.2, 0) is 33.8 Å². The van der Waals surface area contributed by atoms with E-state index in [4.69, 9.17) is 0 Å². The van der Waals surface area contributed by atoms with E-state index in [2.05, 4.69) is 35.1 Å². The van der Waals surface area contributed by atoms with Gasteiger partial charge in [-0.1, -0.05) is 72.6 Å². The van der Waals surface area contributed by atoms with E-state index in [-0.39, 0.29) is 35.6 Å². The number of nitrogens with one attached hydrogen (secondary N) is 4. The Morgan fingerprint density at radius 1 is 0.904 bits per heavy atom. The lowest BCUT2D eigenvalue weighted by Crippen LogP contribution is -2.65. The number of sulfone groups is 1. The molecule has 1 unspecified atom stereocenters. The number of fused-ring (bicyclic) bond motifs is 1. The first kappa shape index (κ1) is 40.2. The SMILES string of the molecule is CCCC(NC(=O)[C@@H]1[C@@H]2[C@H](CN1C(=O)[C@@H](NC(=O)NC1(CS(=O)(=O)C(C)(C)C=O)CCCCC1)C1(C)CCCCC1)C2(C)C)C(=O)C(=O)NC1CC1. The van der Waals surface area contributed by atoms with Crippen LogP contribution in [0.25, 0.3) is 0 Å². The first-order valence-electron chi connectivity index (χ1n) is 19.5. The number of urea groups is 1. The summed E-state index contributed by atoms with van der Waals surface area (Å²) in [5.41, 5.74) is -1.94. The van der Waals surface area contributed by atoms with E-state index >= 15 is 0 Å². The maximum absolute atomic E-state index is 14.9. The van der Waals surface area contributed by atoms with Crippen molar-refractivity contribution >= 4 is 45.7 Å². The molecule has 0 spiro atoms. The van der Waals surface area contributed by atoms with Crippen LogP contribution in [0.3, 0.4) is 0 Å². The normalized spacial score (nSPS) is 27.3. The molecule has 14 heteroatoms. The second kappa shape index (κ2) is 15.0. The average Bonchev–Trinajstić information content (AvgIpc) is 3.93. The third kappa shape index (κ3) is 8.21. The second-order valence-electron chi connectivity index (χ2n) is 17.9. The summed E-state index contributed by atoms with van der Waals surface area (Å²) in [6.07, 6.45) is 10.2. The average molecular weight is 748 g/mol. The molecule has 0 radical (unpaired) electrons. The predicted molar refractivity (Wildman–Crippen MR) is 196 cm³/mol. The van der Waals surface area contributed by atoms with Crippen molar-refractivity contribution in [3.8, 4) is 0 Å². The number of hydrogen-bond donors (Lipinski definition) is 4. The van der Waals surface area contributed by atoms with Gasteiger partial charge < -0.3 is 31.0 Å². The van der Waals surface area contributed by atoms with Crippen molar-refractivity contribution in [2.75, 3.05) is 12.3 Å². The van der Waals surface area contributed by atoms with Crippen molar-refractivity contribution in [1.82, 2.24) is 26.2 Å². The summed E-state index contributed by atoms with van der Waals surface area (Å²) in [5.74, 6) is -2.73. The summed E-state index contributed by atoms with van der Waals surface area (Å²) in [7, 11) is -3.94. The lowest BCUT2D eigenvalue weighted by atomic mass is 9.70. The van der Waals surface area contributed by atoms with E-state index in [1.165, 1.54) is 13.8 Å². The van der Waals surface area contributed by atoms with Crippen molar-refractivity contribution < 1.29 is 37.2 Å². The smallest absolute Gasteiger partial charge is 0.315 e. The first-order chi connectivity index (χ1) is 24.3. The zero-order valence-corrected chi connectivity index (χ0v) is 32.8. The van der Waals surface area contributed by atoms with Gasteiger partial charge in [-0.25, -0.2) is 13.2 Å². The molecule has 52 heavy (non-hydrogen) atoms. The molecule has 1 heterocycles. The number of aldehydes is 1. The summed E-state index contributed by atoms with van der Waals surface area (Å²) in [4.78, 5) is 82.3. The molecule has 0 aromatic rings. The Hall–Kier alpha value is -3.03. The Labute approximate surface area is 309 Å². The van der Waals surface area contributed by atoms with Crippen molar-refractivity contribution in [3.63, 3.8) is 0 Å². The Balaban J connectivity index is 1.39. The van der Waals surface area contributed by atoms with Gasteiger partial charge in [-0.05, 0) is 81.5 Å². The van der Waals surface area contributed by atoms with E-state index in [0.29, 0.717) is 57.8 Å². The fraction of sp³-hybridized carbons (Fsp3) is 0.842. The van der Waals surface area contributed by atoms with Gasteiger partial charge in [-0.3, -0.25) is 19.2 Å². The number of likely N-dealkylation sites (tertiary alicyclic amines) is 1. The molecule has 0 aromatic heterocycles. The molecule has 5 amide bonds. The fourth-order valence-corrected chi connectivity index (χ4v) is 10.8. The van der Waals surface area contributed by atoms with Gasteiger partial charge in [-0.15, -0.1) is 0 Å². The molecule has 13 nitrogen and oxygen atoms in total. The number of ketones is 1. The van der Waals surface area contributed by atoms with E-state index in [1.807, 2.05) is 13.8 Å². The molecule has 0 bridgehead atoms. The highest BCUT2D eigenvalue weighted by atomic mass is 32.2. The summed E-state index contributed by atoms with van der Waals surface area (Å²) in [6.45, 7) is 11.0. The van der Waals surface area contributed by atoms with Crippen molar-refractivity contribution in [1.29, 1.82) is 0 Å². The summed E-state index contributed by atoms with van der Waals surface area (Å²) < 4.78 is 25.2. The van der Waals surface area contributed by atoms with E-state index in [9.17, 15) is 37.2 Å². The van der Waals surface area contributed by atoms with Gasteiger partial charge in [0, 0.05) is 12.6 Å². The largest absolute Gasteiger partial charge is 0.347 e. The minimum atomic E-state index is -3.94. The lowest BCUT2D eigenvalue weighted by Gasteiger charge is -2.44. The topological polar surface area (TPSA) is 188 Å². The van der Waals surface area contributed by atoms with Crippen molar-refractivity contribution in [2.24, 2.45) is 22.7 Å². The Bertz CT molecular complexity index is 1530. The highest BCUT2D eigenvalue weighted by Gasteiger charge is 2.70. The van der Waals surface area contributed by atoms with Crippen LogP contribution < -0.4 is 21.3 Å². The predicted octanol–water partition coefficient (Wildman–Crippen LogP) is 3.34. The maximum Gasteiger partial charge on any atom is 0.315 e. The Morgan fingerprint density at radius 2 is 1.50 bits per heavy atom. The number of piperidine rings is 1. The maximum atomic E-state index is 14.9. The van der Waals surface area contributed by atoms with Gasteiger partial charge in [0.2, 0.25) is 17.6 Å². The number of carbonyl (C=O) groups excluding carboxylic acids is 6. The Morgan fingerprint density at radius 3 is 2.06 bits per heavy atom. The highest BCUT2D eigenvalue weighted by molar-refractivity contribution is 7.93. The van der Waals surface area contributed by atoms with Gasteiger partial charge in [0.25, 0.3) is 5.91 Å². The lowest BCUT2D eigenvalue weighted by molar-refractivity contribution is -0.146. The Kier molecular flexibility index (Phi) is 11.6. The monoisotopic (exact) mass is 747 g/mol. The van der Waals surface area contributed by atoms with Gasteiger partial charge in [0.1, 0.15) is 23.1 Å². The molecule has 5 rings (SSSR count). The molecule has 5 atom stereocenters. The van der Waals surface area contributed by atoms with Crippen LogP contribution in [0.2, 0.25) is 0 Å². The van der Waals surface area contributed by atoms with Crippen LogP contribution in [0.15, 0.2) is 0 Å². The molecule has 4 N–H and O–H groups in total. The minimum Gasteiger partial charge on any atom is -0.347 e. The zero-order valence-electron chi connectivity index (χ0n) is 32.0. The molecule has 4 aliphatic carbocycles. The molecule has 1 aliphatic heterocycles. The molecule has 292 valence electrons. The molecular weight excluding hydrogens is 687 g/mol. The van der Waals surface area contributed by atoms with Crippen molar-refractivity contribution in [2.45, 2.75) is 166 Å². The molecule has 5 fully saturated rings. The standard InChI is InChI=1S/C38H61N5O8S/c1-7-14-26(29(45)32(47)39-24-15-16-24)40-31(46)28-27-25(36(27,4)5)21-43(28)33(48)30(37(6)17-10-8-11-18-37)41-34(49)42-38(19-12-9-13-20-38)23-52(50,51)35(2,3)22-44/h22,24-28,30H,7-21,23H2,1-6H3,(H,39,47)(H,40,46)(H2,41,42,49)/t25-,26?,27-,28-,30+/m0/s1. The van der Waals surface area contributed by atoms with E-state index in [0.717, 1.165) is 38.5 Å². The number of rotatable bonds is 15. The summed E-state index contributed by atoms with van der Waals surface area (Å²) in [5, 5.41) is 11.6. The van der Waals surface area contributed by atoms with Crippen LogP contribution in [0.1, 0.15) is 131 Å². The van der Waals surface area contributed by atoms with Gasteiger partial charge in [0.15, 0.2) is 9.84 Å². The quantitative estimate of drug-likeness (QED) is 0.145. The number of carbonyl (C=O) groups is 6. The van der Waals surface area contributed by atoms with Crippen LogP contribution in [0.5, 0.6) is 0 Å². The van der Waals surface area contributed by atoms with Crippen LogP contribution in [0, 0.1) is 22.7 Å². The fourth-order valence-electron chi connectivity index (χ4n) is 9.18. The van der Waals surface area contributed by atoms with Crippen LogP contribution in [0.4, 0.5) is 4.79 Å². The minimum absolute atomic E-state index is 0.00577. The number of amides is 5. The van der Waals surface area contributed by atoms with Gasteiger partial charge in [-0.2, -0.15) is 0 Å². The molecule has 5 aliphatic rings. The highest BCUT2D eigenvalue weighted by Crippen LogP contribution is 2.65. The number of Topliss-reactive ketones (excluding diaryl/α,β-unsaturated/α-hetero) is 1. The summed E-state index contributed by atoms with van der Waals surface area (Å²) in [6, 6.07) is -3.55. The second-order valence-corrected chi connectivity index (χ2v) is 20.5. The molecular formula is C38H61N5O8S. The number of hydrogen-bond acceptors (Lipinski definition) is 8. The van der Waals surface area contributed by atoms with Crippen LogP contribution in [-0.4, -0.2) is 95.9 Å². The zero-order chi connectivity index (χ0) is 38.3. The molecule has 4 saturated carbocycles. The third-order valence-corrected chi connectivity index (χ3v) is 15.7. The van der Waals surface area contributed by atoms with E-state index in [1.54, 1.807) is 4.90 Å². The molecule has 1 saturated heterocycles. The van der Waals surface area contributed by atoms with Crippen LogP contribution >= 0.6 is 0 Å². The van der Waals surface area contributed by atoms with Gasteiger partial charge in [0.05, 0.1) is 17.3 Å². The van der Waals surface area contributed by atoms with Crippen molar-refractivity contribution in [3.05, 3.63) is 0 Å². The summed E-state index contributed by atoms with van der Waals surface area (Å²) >= 11 is 0. The van der Waals surface area contributed by atoms with E-state index < -0.39 is 73.0 Å². The number of nitrogens with zero attached hydrogens (tertiary/aromatic N) is 1. The first-order valence-corrected chi connectivity index (χ1v) is 21.2. The molecule has 0 aromatic carbocycles. The third-order valence-electron chi connectivity index (χ3n) is 13.1. The van der Waals surface area contributed by atoms with Gasteiger partial charge >= 0.3 is 6.03 Å².